The summed E-state index contributed by atoms with van der Waals surface area (Å²) in [6.07, 6.45) is 1.10. The second-order valence-electron chi connectivity index (χ2n) is 7.01. The molecule has 0 aliphatic carbocycles. The first kappa shape index (κ1) is 26.8. The van der Waals surface area contributed by atoms with Gasteiger partial charge in [0.05, 0.1) is 7.14 Å². The molecule has 0 aliphatic heterocycles. The van der Waals surface area contributed by atoms with Gasteiger partial charge in [-0.3, -0.25) is 5.73 Å². The fraction of sp³-hybridized carbons (Fsp3) is 0.273. The number of aryl methyl sites for hydroxylation is 2. The van der Waals surface area contributed by atoms with Gasteiger partial charge in [-0.25, -0.2) is 0 Å². The van der Waals surface area contributed by atoms with Crippen molar-refractivity contribution < 1.29 is 9.47 Å². The van der Waals surface area contributed by atoms with E-state index in [9.17, 15) is 0 Å². The number of para-hydroxylation sites is 2. The van der Waals surface area contributed by atoms with E-state index in [1.165, 1.54) is 11.3 Å². The Kier molecular flexibility index (Phi) is 10.6. The van der Waals surface area contributed by atoms with Gasteiger partial charge in [0.2, 0.25) is 11.4 Å². The van der Waals surface area contributed by atoms with Crippen LogP contribution in [0.5, 0.6) is 11.5 Å². The summed E-state index contributed by atoms with van der Waals surface area (Å²) in [6, 6.07) is 15.7. The zero-order valence-electron chi connectivity index (χ0n) is 18.4. The smallest absolute Gasteiger partial charge is 0.208 e. The van der Waals surface area contributed by atoms with Crippen LogP contribution in [0.4, 0.5) is 5.13 Å². The summed E-state index contributed by atoms with van der Waals surface area (Å²) in [6.45, 7) is 0.354. The van der Waals surface area contributed by atoms with Crippen LogP contribution in [0.1, 0.15) is 21.3 Å². The van der Waals surface area contributed by atoms with Crippen LogP contribution in [0.2, 0.25) is 0 Å². The Morgan fingerprint density at radius 3 is 2.20 bits per heavy atom. The number of rotatable bonds is 13. The van der Waals surface area contributed by atoms with Gasteiger partial charge in [-0.15, -0.1) is 20.4 Å². The molecule has 13 heteroatoms. The lowest BCUT2D eigenvalue weighted by Gasteiger charge is -2.12. The molecule has 184 valence electrons. The van der Waals surface area contributed by atoms with Gasteiger partial charge in [0.15, 0.2) is 11.7 Å². The molecule has 8 nitrogen and oxygen atoms in total. The van der Waals surface area contributed by atoms with Crippen LogP contribution in [0.25, 0.3) is 0 Å². The number of hydrogen-bond donors (Lipinski definition) is 2. The number of benzene rings is 2. The Morgan fingerprint density at radius 2 is 1.49 bits per heavy atom. The fourth-order valence-electron chi connectivity index (χ4n) is 2.79. The van der Waals surface area contributed by atoms with Gasteiger partial charge in [0.25, 0.3) is 0 Å². The summed E-state index contributed by atoms with van der Waals surface area (Å²) < 4.78 is 13.7. The van der Waals surface area contributed by atoms with E-state index in [0.717, 1.165) is 58.1 Å². The molecule has 4 aromatic rings. The number of thioether (sulfide) groups is 1. The predicted octanol–water partition coefficient (Wildman–Crippen LogP) is 5.60. The van der Waals surface area contributed by atoms with Crippen molar-refractivity contribution in [2.24, 2.45) is 5.73 Å². The molecular formula is C22H22I2N6O2S3. The van der Waals surface area contributed by atoms with Crippen LogP contribution < -0.4 is 20.5 Å². The first-order valence-corrected chi connectivity index (χ1v) is 15.5. The molecule has 2 heterocycles. The zero-order valence-corrected chi connectivity index (χ0v) is 25.2. The van der Waals surface area contributed by atoms with E-state index in [-0.39, 0.29) is 0 Å². The van der Waals surface area contributed by atoms with Gasteiger partial charge in [-0.1, -0.05) is 46.9 Å². The molecule has 35 heavy (non-hydrogen) atoms. The summed E-state index contributed by atoms with van der Waals surface area (Å²) in [7, 11) is 0. The van der Waals surface area contributed by atoms with E-state index in [1.807, 2.05) is 60.3 Å². The molecule has 0 radical (unpaired) electrons. The van der Waals surface area contributed by atoms with Crippen molar-refractivity contribution in [3.63, 3.8) is 0 Å². The topological polar surface area (TPSA) is 108 Å². The number of nitrogens with two attached hydrogens (primary N) is 1. The third kappa shape index (κ3) is 8.38. The number of nitrogens with zero attached hydrogens (tertiary/aromatic N) is 4. The first-order valence-electron chi connectivity index (χ1n) is 10.6. The Labute approximate surface area is 243 Å². The predicted molar refractivity (Wildman–Crippen MR) is 160 cm³/mol. The van der Waals surface area contributed by atoms with E-state index in [0.29, 0.717) is 11.7 Å². The van der Waals surface area contributed by atoms with Crippen LogP contribution in [0, 0.1) is 7.14 Å². The van der Waals surface area contributed by atoms with Crippen LogP contribution in [-0.2, 0) is 12.8 Å². The quantitative estimate of drug-likeness (QED) is 0.103. The van der Waals surface area contributed by atoms with Crippen LogP contribution in [0.15, 0.2) is 48.5 Å². The molecule has 0 amide bonds. The van der Waals surface area contributed by atoms with Crippen LogP contribution >= 0.6 is 79.6 Å². The highest BCUT2D eigenvalue weighted by Crippen LogP contribution is 2.26. The Hall–Kier alpha value is -1.27. The number of anilines is 1. The SMILES string of the molecule is NC(Oc1ccccc1I)c1nnc(CCSCCc2nnc(NCOc3ccccc3I)s2)s1. The van der Waals surface area contributed by atoms with E-state index >= 15 is 0 Å². The van der Waals surface area contributed by atoms with Crippen molar-refractivity contribution in [1.82, 2.24) is 20.4 Å². The summed E-state index contributed by atoms with van der Waals surface area (Å²) in [5, 5.41) is 23.5. The standard InChI is InChI=1S/C22H22I2N6O2S3/c23-14-5-1-3-7-16(14)31-13-26-22-30-28-19(35-22)10-12-33-11-9-18-27-29-21(34-18)20(25)32-17-8-4-2-6-15(17)24/h1-8,20H,9-13,25H2,(H,26,30). The van der Waals surface area contributed by atoms with Crippen LogP contribution in [0.3, 0.4) is 0 Å². The lowest BCUT2D eigenvalue weighted by atomic mass is 10.3. The second-order valence-corrected chi connectivity index (χ2v) is 12.7. The highest BCUT2D eigenvalue weighted by molar-refractivity contribution is 14.1. The summed E-state index contributed by atoms with van der Waals surface area (Å²) in [5.74, 6) is 3.52. The number of hydrogen-bond acceptors (Lipinski definition) is 11. The highest BCUT2D eigenvalue weighted by Gasteiger charge is 2.15. The first-order chi connectivity index (χ1) is 17.1. The minimum absolute atomic E-state index is 0.354. The number of halogens is 2. The summed E-state index contributed by atoms with van der Waals surface area (Å²) in [4.78, 5) is 0. The summed E-state index contributed by atoms with van der Waals surface area (Å²) >= 11 is 9.40. The monoisotopic (exact) mass is 752 g/mol. The Bertz CT molecular complexity index is 1230. The molecular weight excluding hydrogens is 730 g/mol. The van der Waals surface area contributed by atoms with E-state index in [2.05, 4.69) is 70.9 Å². The van der Waals surface area contributed by atoms with Gasteiger partial charge in [0.1, 0.15) is 21.5 Å². The molecule has 4 rings (SSSR count). The lowest BCUT2D eigenvalue weighted by molar-refractivity contribution is 0.211. The Balaban J connectivity index is 1.12. The number of nitrogens with one attached hydrogen (secondary N) is 1. The third-order valence-corrected chi connectivity index (χ3v) is 9.24. The molecule has 2 aromatic heterocycles. The number of ether oxygens (including phenoxy) is 2. The number of aromatic nitrogens is 4. The molecule has 3 N–H and O–H groups in total. The molecule has 1 unspecified atom stereocenters. The van der Waals surface area contributed by atoms with Gasteiger partial charge in [-0.05, 0) is 81.0 Å². The highest BCUT2D eigenvalue weighted by atomic mass is 127. The van der Waals surface area contributed by atoms with Gasteiger partial charge in [0, 0.05) is 12.8 Å². The molecule has 0 aliphatic rings. The van der Waals surface area contributed by atoms with E-state index < -0.39 is 6.23 Å². The Morgan fingerprint density at radius 1 is 0.857 bits per heavy atom. The average Bonchev–Trinajstić information content (AvgIpc) is 3.51. The average molecular weight is 752 g/mol. The maximum atomic E-state index is 6.17. The third-order valence-electron chi connectivity index (χ3n) is 4.49. The van der Waals surface area contributed by atoms with E-state index in [4.69, 9.17) is 15.2 Å². The van der Waals surface area contributed by atoms with Crippen molar-refractivity contribution in [3.05, 3.63) is 70.7 Å². The van der Waals surface area contributed by atoms with Gasteiger partial charge >= 0.3 is 0 Å². The van der Waals surface area contributed by atoms with Crippen molar-refractivity contribution in [1.29, 1.82) is 0 Å². The van der Waals surface area contributed by atoms with Crippen molar-refractivity contribution in [2.75, 3.05) is 23.6 Å². The normalized spacial score (nSPS) is 11.9. The lowest BCUT2D eigenvalue weighted by Crippen LogP contribution is -2.17. The minimum Gasteiger partial charge on any atom is -0.472 e. The maximum absolute atomic E-state index is 6.17. The zero-order chi connectivity index (χ0) is 24.5. The van der Waals surface area contributed by atoms with Crippen molar-refractivity contribution in [2.45, 2.75) is 19.1 Å². The molecule has 0 bridgehead atoms. The largest absolute Gasteiger partial charge is 0.472 e. The molecule has 2 aromatic carbocycles. The van der Waals surface area contributed by atoms with Crippen molar-refractivity contribution in [3.8, 4) is 11.5 Å². The molecule has 1 atom stereocenters. The molecule has 0 saturated carbocycles. The minimum atomic E-state index is -0.619. The maximum Gasteiger partial charge on any atom is 0.208 e. The fourth-order valence-corrected chi connectivity index (χ4v) is 6.48. The second kappa shape index (κ2) is 13.9. The molecule has 0 spiro atoms. The van der Waals surface area contributed by atoms with E-state index in [1.54, 1.807) is 11.3 Å². The van der Waals surface area contributed by atoms with Gasteiger partial charge in [-0.2, -0.15) is 11.8 Å². The molecule has 0 fully saturated rings. The molecule has 0 saturated heterocycles. The van der Waals surface area contributed by atoms with Gasteiger partial charge < -0.3 is 14.8 Å². The van der Waals surface area contributed by atoms with Crippen molar-refractivity contribution >= 4 is 84.7 Å². The summed E-state index contributed by atoms with van der Waals surface area (Å²) in [5.41, 5.74) is 6.17. The van der Waals surface area contributed by atoms with Crippen LogP contribution in [-0.4, -0.2) is 38.6 Å².